The molecule has 0 bridgehead atoms. The highest BCUT2D eigenvalue weighted by Gasteiger charge is 2.30. The Balaban J connectivity index is 1.43. The van der Waals surface area contributed by atoms with E-state index in [-0.39, 0.29) is 18.2 Å². The highest BCUT2D eigenvalue weighted by molar-refractivity contribution is 5.89. The molecular weight excluding hydrogens is 383 g/mol. The van der Waals surface area contributed by atoms with Crippen molar-refractivity contribution in [2.24, 2.45) is 0 Å². The molecule has 152 valence electrons. The van der Waals surface area contributed by atoms with Crippen LogP contribution in [0.25, 0.3) is 4.85 Å². The van der Waals surface area contributed by atoms with Gasteiger partial charge >= 0.3 is 12.2 Å². The first kappa shape index (κ1) is 20.5. The van der Waals surface area contributed by atoms with Gasteiger partial charge in [0.1, 0.15) is 5.75 Å². The molecule has 2 aromatic rings. The fraction of sp³-hybridized carbons (Fsp3) is 0.333. The maximum Gasteiger partial charge on any atom is 0.416 e. The number of nitrogens with one attached hydrogen (secondary N) is 2. The van der Waals surface area contributed by atoms with Crippen molar-refractivity contribution in [2.75, 3.05) is 5.32 Å². The summed E-state index contributed by atoms with van der Waals surface area (Å²) < 4.78 is 43.6. The second kappa shape index (κ2) is 8.86. The molecule has 1 aliphatic rings. The highest BCUT2D eigenvalue weighted by atomic mass is 19.4. The van der Waals surface area contributed by atoms with Crippen LogP contribution in [-0.2, 0) is 6.18 Å². The summed E-state index contributed by atoms with van der Waals surface area (Å²) in [5.41, 5.74) is 0.407. The smallest absolute Gasteiger partial charge is 0.416 e. The van der Waals surface area contributed by atoms with Crippen LogP contribution in [0.1, 0.15) is 31.2 Å². The van der Waals surface area contributed by atoms with Crippen molar-refractivity contribution in [1.82, 2.24) is 5.32 Å². The topological polar surface area (TPSA) is 54.7 Å². The van der Waals surface area contributed by atoms with Gasteiger partial charge in [0.25, 0.3) is 0 Å². The molecule has 5 nitrogen and oxygen atoms in total. The van der Waals surface area contributed by atoms with Crippen LogP contribution >= 0.6 is 0 Å². The van der Waals surface area contributed by atoms with Gasteiger partial charge < -0.3 is 15.4 Å². The number of alkyl halides is 3. The summed E-state index contributed by atoms with van der Waals surface area (Å²) in [6.45, 7) is 6.92. The van der Waals surface area contributed by atoms with Gasteiger partial charge in [-0.3, -0.25) is 0 Å². The third-order valence-corrected chi connectivity index (χ3v) is 4.75. The lowest BCUT2D eigenvalue weighted by atomic mass is 9.93. The maximum absolute atomic E-state index is 12.6. The van der Waals surface area contributed by atoms with Gasteiger partial charge in [0.05, 0.1) is 18.2 Å². The molecule has 1 fully saturated rings. The number of hydrogen-bond donors (Lipinski definition) is 2. The Labute approximate surface area is 166 Å². The lowest BCUT2D eigenvalue weighted by Crippen LogP contribution is -2.41. The van der Waals surface area contributed by atoms with Gasteiger partial charge in [0.2, 0.25) is 0 Å². The first-order valence-corrected chi connectivity index (χ1v) is 9.22. The molecule has 0 unspecified atom stereocenters. The molecule has 2 aromatic carbocycles. The summed E-state index contributed by atoms with van der Waals surface area (Å²) >= 11 is 0. The molecule has 1 aliphatic carbocycles. The molecular formula is C21H20F3N3O2. The maximum atomic E-state index is 12.6. The van der Waals surface area contributed by atoms with E-state index in [1.165, 1.54) is 12.1 Å². The van der Waals surface area contributed by atoms with Crippen molar-refractivity contribution in [3.05, 3.63) is 65.5 Å². The Bertz CT molecular complexity index is 866. The Kier molecular flexibility index (Phi) is 6.27. The molecule has 3 rings (SSSR count). The second-order valence-corrected chi connectivity index (χ2v) is 6.87. The quantitative estimate of drug-likeness (QED) is 0.637. The molecule has 0 radical (unpaired) electrons. The second-order valence-electron chi connectivity index (χ2n) is 6.87. The number of carbonyl (C=O) groups is 1. The van der Waals surface area contributed by atoms with Gasteiger partial charge in [0.15, 0.2) is 5.69 Å². The molecule has 0 aromatic heterocycles. The van der Waals surface area contributed by atoms with Gasteiger partial charge in [-0.15, -0.1) is 0 Å². The summed E-state index contributed by atoms with van der Waals surface area (Å²) in [6, 6.07) is 11.0. The molecule has 0 heterocycles. The zero-order chi connectivity index (χ0) is 20.9. The highest BCUT2D eigenvalue weighted by Crippen LogP contribution is 2.31. The Morgan fingerprint density at radius 2 is 1.62 bits per heavy atom. The first-order chi connectivity index (χ1) is 13.8. The minimum atomic E-state index is -4.36. The molecule has 2 amide bonds. The minimum Gasteiger partial charge on any atom is -0.490 e. The van der Waals surface area contributed by atoms with E-state index < -0.39 is 11.7 Å². The van der Waals surface area contributed by atoms with E-state index in [9.17, 15) is 18.0 Å². The van der Waals surface area contributed by atoms with Gasteiger partial charge in [-0.05, 0) is 62.1 Å². The predicted octanol–water partition coefficient (Wildman–Crippen LogP) is 5.77. The van der Waals surface area contributed by atoms with Crippen LogP contribution in [0.5, 0.6) is 5.75 Å². The number of halogens is 3. The summed E-state index contributed by atoms with van der Waals surface area (Å²) in [4.78, 5) is 15.4. The summed E-state index contributed by atoms with van der Waals surface area (Å²) in [5, 5.41) is 5.65. The standard InChI is InChI=1S/C21H20F3N3O2/c1-25-15-4-6-16(7-5-15)26-20(28)27-17-8-12-19(13-9-17)29-18-10-2-14(3-11-18)21(22,23)24/h2-7,10-11,17,19H,8-9,12-13H2,(H2,26,27,28). The van der Waals surface area contributed by atoms with Crippen molar-refractivity contribution in [3.63, 3.8) is 0 Å². The van der Waals surface area contributed by atoms with Crippen molar-refractivity contribution < 1.29 is 22.7 Å². The number of nitrogens with zero attached hydrogens (tertiary/aromatic N) is 1. The van der Waals surface area contributed by atoms with Crippen molar-refractivity contribution in [1.29, 1.82) is 0 Å². The lowest BCUT2D eigenvalue weighted by Gasteiger charge is -2.29. The number of benzene rings is 2. The number of rotatable bonds is 4. The molecule has 0 atom stereocenters. The third-order valence-electron chi connectivity index (χ3n) is 4.75. The van der Waals surface area contributed by atoms with Crippen molar-refractivity contribution in [3.8, 4) is 5.75 Å². The Morgan fingerprint density at radius 3 is 2.17 bits per heavy atom. The van der Waals surface area contributed by atoms with E-state index in [2.05, 4.69) is 15.5 Å². The number of urea groups is 1. The van der Waals surface area contributed by atoms with Gasteiger partial charge in [-0.25, -0.2) is 9.64 Å². The molecule has 0 spiro atoms. The van der Waals surface area contributed by atoms with Crippen LogP contribution < -0.4 is 15.4 Å². The zero-order valence-electron chi connectivity index (χ0n) is 15.5. The van der Waals surface area contributed by atoms with E-state index in [0.29, 0.717) is 30.0 Å². The van der Waals surface area contributed by atoms with E-state index in [4.69, 9.17) is 11.3 Å². The minimum absolute atomic E-state index is 0.00460. The molecule has 1 saturated carbocycles. The number of carbonyl (C=O) groups excluding carboxylic acids is 1. The van der Waals surface area contributed by atoms with E-state index in [1.54, 1.807) is 24.3 Å². The number of ether oxygens (including phenoxy) is 1. The Hall–Kier alpha value is -3.21. The van der Waals surface area contributed by atoms with Crippen molar-refractivity contribution >= 4 is 17.4 Å². The average molecular weight is 403 g/mol. The van der Waals surface area contributed by atoms with Crippen molar-refractivity contribution in [2.45, 2.75) is 44.0 Å². The number of anilines is 1. The van der Waals surface area contributed by atoms with Crippen LogP contribution in [0.3, 0.4) is 0 Å². The average Bonchev–Trinajstić information content (AvgIpc) is 2.70. The molecule has 0 saturated heterocycles. The normalized spacial score (nSPS) is 19.1. The molecule has 29 heavy (non-hydrogen) atoms. The molecule has 2 N–H and O–H groups in total. The van der Waals surface area contributed by atoms with Crippen LogP contribution in [0.2, 0.25) is 0 Å². The fourth-order valence-electron chi connectivity index (χ4n) is 3.21. The van der Waals surface area contributed by atoms with Crippen LogP contribution in [-0.4, -0.2) is 18.2 Å². The zero-order valence-corrected chi connectivity index (χ0v) is 15.5. The molecule has 8 heteroatoms. The van der Waals surface area contributed by atoms with E-state index in [0.717, 1.165) is 25.0 Å². The SMILES string of the molecule is [C-]#[N+]c1ccc(NC(=O)NC2CCC(Oc3ccc(C(F)(F)F)cc3)CC2)cc1. The fourth-order valence-corrected chi connectivity index (χ4v) is 3.21. The van der Waals surface area contributed by atoms with Crippen LogP contribution in [0.4, 0.5) is 29.3 Å². The van der Waals surface area contributed by atoms with Crippen LogP contribution in [0.15, 0.2) is 48.5 Å². The Morgan fingerprint density at radius 1 is 1.00 bits per heavy atom. The largest absolute Gasteiger partial charge is 0.490 e. The summed E-state index contributed by atoms with van der Waals surface area (Å²) in [7, 11) is 0. The summed E-state index contributed by atoms with van der Waals surface area (Å²) in [5.74, 6) is 0.412. The van der Waals surface area contributed by atoms with Gasteiger partial charge in [-0.2, -0.15) is 13.2 Å². The third kappa shape index (κ3) is 5.88. The van der Waals surface area contributed by atoms with E-state index >= 15 is 0 Å². The first-order valence-electron chi connectivity index (χ1n) is 9.22. The predicted molar refractivity (Wildman–Crippen MR) is 103 cm³/mol. The van der Waals surface area contributed by atoms with Crippen LogP contribution in [0, 0.1) is 6.57 Å². The monoisotopic (exact) mass is 403 g/mol. The van der Waals surface area contributed by atoms with Gasteiger partial charge in [-0.1, -0.05) is 12.1 Å². The number of amides is 2. The molecule has 0 aliphatic heterocycles. The number of hydrogen-bond acceptors (Lipinski definition) is 2. The van der Waals surface area contributed by atoms with Gasteiger partial charge in [0, 0.05) is 11.7 Å². The summed E-state index contributed by atoms with van der Waals surface area (Å²) in [6.07, 6.45) is -1.61. The lowest BCUT2D eigenvalue weighted by molar-refractivity contribution is -0.137. The van der Waals surface area contributed by atoms with E-state index in [1.807, 2.05) is 0 Å².